The highest BCUT2D eigenvalue weighted by Gasteiger charge is 2.30. The molecule has 0 bridgehead atoms. The van der Waals surface area contributed by atoms with Gasteiger partial charge < -0.3 is 5.32 Å². The van der Waals surface area contributed by atoms with Crippen LogP contribution < -0.4 is 5.32 Å². The molecule has 1 aliphatic heterocycles. The number of amides is 1. The Morgan fingerprint density at radius 3 is 2.46 bits per heavy atom. The van der Waals surface area contributed by atoms with Crippen LogP contribution in [0.2, 0.25) is 0 Å². The topological polar surface area (TPSA) is 66.5 Å². The van der Waals surface area contributed by atoms with Crippen LogP contribution in [0, 0.1) is 5.92 Å². The summed E-state index contributed by atoms with van der Waals surface area (Å²) in [6, 6.07) is 7.32. The van der Waals surface area contributed by atoms with Gasteiger partial charge in [-0.1, -0.05) is 41.4 Å². The second-order valence-electron chi connectivity index (χ2n) is 6.20. The van der Waals surface area contributed by atoms with E-state index in [0.717, 1.165) is 22.9 Å². The second-order valence-corrected chi connectivity index (χ2v) is 9.09. The molecule has 1 fully saturated rings. The van der Waals surface area contributed by atoms with Crippen molar-refractivity contribution in [1.29, 1.82) is 0 Å². The number of carbonyl (C=O) groups excluding carboxylic acids is 1. The maximum absolute atomic E-state index is 12.5. The lowest BCUT2D eigenvalue weighted by atomic mass is 9.97. The lowest BCUT2D eigenvalue weighted by Gasteiger charge is -2.30. The Kier molecular flexibility index (Phi) is 7.25. The summed E-state index contributed by atoms with van der Waals surface area (Å²) in [6.07, 6.45) is 3.22. The maximum Gasteiger partial charge on any atom is 0.223 e. The van der Waals surface area contributed by atoms with Gasteiger partial charge in [-0.05, 0) is 37.0 Å². The van der Waals surface area contributed by atoms with Gasteiger partial charge in [0.15, 0.2) is 0 Å². The highest BCUT2D eigenvalue weighted by Crippen LogP contribution is 2.22. The number of hydrogen-bond acceptors (Lipinski definition) is 3. The highest BCUT2D eigenvalue weighted by molar-refractivity contribution is 9.10. The summed E-state index contributed by atoms with van der Waals surface area (Å²) in [5.74, 6) is 0.00239. The van der Waals surface area contributed by atoms with Gasteiger partial charge in [0.1, 0.15) is 0 Å². The van der Waals surface area contributed by atoms with Gasteiger partial charge in [0.2, 0.25) is 15.9 Å². The number of nitrogens with one attached hydrogen (secondary N) is 1. The van der Waals surface area contributed by atoms with E-state index < -0.39 is 10.0 Å². The Morgan fingerprint density at radius 1 is 1.25 bits per heavy atom. The Balaban J connectivity index is 1.86. The molecule has 0 unspecified atom stereocenters. The Hall–Kier alpha value is -0.920. The number of sulfonamides is 1. The highest BCUT2D eigenvalue weighted by atomic mass is 79.9. The first-order valence-electron chi connectivity index (χ1n) is 8.42. The summed E-state index contributed by atoms with van der Waals surface area (Å²) in [5, 5.41) is 2.94. The Bertz CT molecular complexity index is 638. The van der Waals surface area contributed by atoms with Crippen molar-refractivity contribution >= 4 is 31.9 Å². The summed E-state index contributed by atoms with van der Waals surface area (Å²) in [7, 11) is -3.33. The minimum atomic E-state index is -3.33. The fourth-order valence-corrected chi connectivity index (χ4v) is 4.64. The van der Waals surface area contributed by atoms with Crippen LogP contribution in [0.1, 0.15) is 38.2 Å². The molecule has 24 heavy (non-hydrogen) atoms. The molecule has 134 valence electrons. The number of hydrogen-bond donors (Lipinski definition) is 1. The standard InChI is InChI=1S/C17H25BrN2O3S/c1-2-3-10-19-17(21)15-8-11-20(12-9-15)24(22,23)13-14-4-6-16(18)7-5-14/h4-7,15H,2-3,8-13H2,1H3,(H,19,21). The first kappa shape index (κ1) is 19.4. The average molecular weight is 417 g/mol. The summed E-state index contributed by atoms with van der Waals surface area (Å²) >= 11 is 3.35. The number of nitrogens with zero attached hydrogens (tertiary/aromatic N) is 1. The van der Waals surface area contributed by atoms with E-state index in [1.165, 1.54) is 4.31 Å². The van der Waals surface area contributed by atoms with Gasteiger partial charge in [-0.15, -0.1) is 0 Å². The fraction of sp³-hybridized carbons (Fsp3) is 0.588. The van der Waals surface area contributed by atoms with Gasteiger partial charge in [-0.3, -0.25) is 4.79 Å². The van der Waals surface area contributed by atoms with Gasteiger partial charge in [-0.25, -0.2) is 12.7 Å². The quantitative estimate of drug-likeness (QED) is 0.694. The van der Waals surface area contributed by atoms with Crippen LogP contribution in [0.25, 0.3) is 0 Å². The molecule has 7 heteroatoms. The number of carbonyl (C=O) groups is 1. The van der Waals surface area contributed by atoms with Crippen molar-refractivity contribution in [3.05, 3.63) is 34.3 Å². The molecule has 1 aromatic carbocycles. The molecule has 5 nitrogen and oxygen atoms in total. The molecule has 1 aliphatic rings. The smallest absolute Gasteiger partial charge is 0.223 e. The van der Waals surface area contributed by atoms with Crippen molar-refractivity contribution in [2.75, 3.05) is 19.6 Å². The molecule has 0 atom stereocenters. The van der Waals surface area contributed by atoms with E-state index in [2.05, 4.69) is 28.2 Å². The zero-order valence-corrected chi connectivity index (χ0v) is 16.4. The molecular weight excluding hydrogens is 392 g/mol. The molecule has 0 saturated carbocycles. The van der Waals surface area contributed by atoms with E-state index in [4.69, 9.17) is 0 Å². The fourth-order valence-electron chi connectivity index (χ4n) is 2.81. The number of halogens is 1. The summed E-state index contributed by atoms with van der Waals surface area (Å²) in [6.45, 7) is 3.63. The van der Waals surface area contributed by atoms with E-state index in [-0.39, 0.29) is 17.6 Å². The van der Waals surface area contributed by atoms with Crippen LogP contribution in [0.15, 0.2) is 28.7 Å². The van der Waals surface area contributed by atoms with Crippen LogP contribution in [0.5, 0.6) is 0 Å². The van der Waals surface area contributed by atoms with Crippen molar-refractivity contribution in [2.45, 2.75) is 38.4 Å². The summed E-state index contributed by atoms with van der Waals surface area (Å²) < 4.78 is 27.5. The normalized spacial score (nSPS) is 16.9. The van der Waals surface area contributed by atoms with Crippen LogP contribution in [-0.4, -0.2) is 38.3 Å². The van der Waals surface area contributed by atoms with Crippen molar-refractivity contribution < 1.29 is 13.2 Å². The van der Waals surface area contributed by atoms with Gasteiger partial charge >= 0.3 is 0 Å². The molecule has 1 heterocycles. The molecular formula is C17H25BrN2O3S. The van der Waals surface area contributed by atoms with E-state index >= 15 is 0 Å². The minimum Gasteiger partial charge on any atom is -0.356 e. The molecule has 1 aromatic rings. The number of benzene rings is 1. The average Bonchev–Trinajstić information content (AvgIpc) is 2.57. The van der Waals surface area contributed by atoms with Gasteiger partial charge in [-0.2, -0.15) is 0 Å². The maximum atomic E-state index is 12.5. The van der Waals surface area contributed by atoms with Crippen molar-refractivity contribution in [1.82, 2.24) is 9.62 Å². The van der Waals surface area contributed by atoms with E-state index in [1.807, 2.05) is 24.3 Å². The van der Waals surface area contributed by atoms with Gasteiger partial charge in [0.25, 0.3) is 0 Å². The molecule has 1 saturated heterocycles. The van der Waals surface area contributed by atoms with E-state index in [0.29, 0.717) is 32.5 Å². The third-order valence-electron chi connectivity index (χ3n) is 4.31. The Labute approximate surface area is 153 Å². The molecule has 0 aliphatic carbocycles. The van der Waals surface area contributed by atoms with Crippen molar-refractivity contribution in [3.8, 4) is 0 Å². The number of rotatable bonds is 7. The summed E-state index contributed by atoms with van der Waals surface area (Å²) in [5.41, 5.74) is 0.776. The first-order valence-corrected chi connectivity index (χ1v) is 10.8. The molecule has 0 radical (unpaired) electrons. The molecule has 2 rings (SSSR count). The SMILES string of the molecule is CCCCNC(=O)C1CCN(S(=O)(=O)Cc2ccc(Br)cc2)CC1. The van der Waals surface area contributed by atoms with E-state index in [1.54, 1.807) is 0 Å². The first-order chi connectivity index (χ1) is 11.4. The van der Waals surface area contributed by atoms with Crippen molar-refractivity contribution in [3.63, 3.8) is 0 Å². The summed E-state index contributed by atoms with van der Waals surface area (Å²) in [4.78, 5) is 12.1. The predicted octanol–water partition coefficient (Wildman–Crippen LogP) is 2.91. The molecule has 1 amide bonds. The van der Waals surface area contributed by atoms with Crippen LogP contribution in [0.3, 0.4) is 0 Å². The largest absolute Gasteiger partial charge is 0.356 e. The monoisotopic (exact) mass is 416 g/mol. The van der Waals surface area contributed by atoms with Crippen LogP contribution in [0.4, 0.5) is 0 Å². The lowest BCUT2D eigenvalue weighted by molar-refractivity contribution is -0.126. The number of piperidine rings is 1. The van der Waals surface area contributed by atoms with Crippen LogP contribution in [-0.2, 0) is 20.6 Å². The predicted molar refractivity (Wildman–Crippen MR) is 99.0 cm³/mol. The molecule has 1 N–H and O–H groups in total. The van der Waals surface area contributed by atoms with Crippen molar-refractivity contribution in [2.24, 2.45) is 5.92 Å². The third-order valence-corrected chi connectivity index (χ3v) is 6.69. The van der Waals surface area contributed by atoms with E-state index in [9.17, 15) is 13.2 Å². The zero-order chi connectivity index (χ0) is 17.6. The minimum absolute atomic E-state index is 0.00758. The molecule has 0 spiro atoms. The van der Waals surface area contributed by atoms with Crippen LogP contribution >= 0.6 is 15.9 Å². The Morgan fingerprint density at radius 2 is 1.88 bits per heavy atom. The second kappa shape index (κ2) is 8.97. The third kappa shape index (κ3) is 5.57. The lowest BCUT2D eigenvalue weighted by Crippen LogP contribution is -2.43. The van der Waals surface area contributed by atoms with Gasteiger partial charge in [0.05, 0.1) is 5.75 Å². The number of unbranched alkanes of at least 4 members (excludes halogenated alkanes) is 1. The van der Waals surface area contributed by atoms with Gasteiger partial charge in [0, 0.05) is 30.0 Å². The zero-order valence-electron chi connectivity index (χ0n) is 14.0. The molecule has 0 aromatic heterocycles.